The molecule has 1 atom stereocenters. The van der Waals surface area contributed by atoms with Crippen molar-refractivity contribution in [1.29, 1.82) is 0 Å². The van der Waals surface area contributed by atoms with Gasteiger partial charge in [-0.1, -0.05) is 51.1 Å². The van der Waals surface area contributed by atoms with Crippen LogP contribution in [-0.2, 0) is 13.0 Å². The van der Waals surface area contributed by atoms with E-state index in [1.54, 1.807) is 0 Å². The van der Waals surface area contributed by atoms with Crippen LogP contribution in [-0.4, -0.2) is 16.2 Å². The molecule has 0 radical (unpaired) electrons. The van der Waals surface area contributed by atoms with Crippen LogP contribution in [0.2, 0.25) is 0 Å². The van der Waals surface area contributed by atoms with E-state index in [1.807, 2.05) is 13.0 Å². The normalized spacial score (nSPS) is 13.4. The van der Waals surface area contributed by atoms with Crippen LogP contribution in [0.5, 0.6) is 0 Å². The van der Waals surface area contributed by atoms with Gasteiger partial charge in [0.05, 0.1) is 6.54 Å². The molecule has 0 fully saturated rings. The number of rotatable bonds is 5. The molecule has 2 aromatic rings. The Hall–Kier alpha value is -1.68. The molecule has 1 N–H and O–H groups in total. The van der Waals surface area contributed by atoms with Crippen LogP contribution in [0, 0.1) is 12.3 Å². The fourth-order valence-electron chi connectivity index (χ4n) is 2.15. The third-order valence-electron chi connectivity index (χ3n) is 3.40. The van der Waals surface area contributed by atoms with Crippen LogP contribution in [0.25, 0.3) is 0 Å². The highest BCUT2D eigenvalue weighted by Gasteiger charge is 2.24. The van der Waals surface area contributed by atoms with Crippen molar-refractivity contribution in [1.82, 2.24) is 15.5 Å². The standard InChI is InChI=1S/C16H23N3O/c1-12-18-19-15(20-12)11-17-14(16(2,3)4)10-13-8-6-5-7-9-13/h5-9,14,17H,10-11H2,1-4H3/t14-/m0/s1. The lowest BCUT2D eigenvalue weighted by Gasteiger charge is -2.31. The van der Waals surface area contributed by atoms with E-state index in [0.29, 0.717) is 24.4 Å². The van der Waals surface area contributed by atoms with Gasteiger partial charge in [-0.3, -0.25) is 0 Å². The second kappa shape index (κ2) is 6.18. The second-order valence-corrected chi connectivity index (χ2v) is 6.20. The highest BCUT2D eigenvalue weighted by molar-refractivity contribution is 5.16. The molecule has 4 heteroatoms. The predicted octanol–water partition coefficient (Wildman–Crippen LogP) is 3.13. The Balaban J connectivity index is 2.01. The summed E-state index contributed by atoms with van der Waals surface area (Å²) in [6, 6.07) is 10.9. The molecule has 108 valence electrons. The van der Waals surface area contributed by atoms with E-state index < -0.39 is 0 Å². The summed E-state index contributed by atoms with van der Waals surface area (Å²) in [6.45, 7) is 9.14. The van der Waals surface area contributed by atoms with E-state index in [0.717, 1.165) is 6.42 Å². The van der Waals surface area contributed by atoms with Gasteiger partial charge >= 0.3 is 0 Å². The molecule has 0 spiro atoms. The molecule has 2 rings (SSSR count). The van der Waals surface area contributed by atoms with Gasteiger partial charge in [-0.25, -0.2) is 0 Å². The van der Waals surface area contributed by atoms with Gasteiger partial charge in [0, 0.05) is 13.0 Å². The van der Waals surface area contributed by atoms with Crippen LogP contribution >= 0.6 is 0 Å². The molecule has 0 saturated heterocycles. The lowest BCUT2D eigenvalue weighted by Crippen LogP contribution is -2.41. The number of benzene rings is 1. The third-order valence-corrected chi connectivity index (χ3v) is 3.40. The minimum atomic E-state index is 0.158. The zero-order chi connectivity index (χ0) is 14.6. The quantitative estimate of drug-likeness (QED) is 0.909. The van der Waals surface area contributed by atoms with E-state index in [-0.39, 0.29) is 5.41 Å². The average Bonchev–Trinajstić information content (AvgIpc) is 2.80. The lowest BCUT2D eigenvalue weighted by atomic mass is 9.83. The van der Waals surface area contributed by atoms with Gasteiger partial charge < -0.3 is 9.73 Å². The molecular weight excluding hydrogens is 250 g/mol. The van der Waals surface area contributed by atoms with Crippen molar-refractivity contribution >= 4 is 0 Å². The fraction of sp³-hybridized carbons (Fsp3) is 0.500. The molecular formula is C16H23N3O. The molecule has 0 saturated carbocycles. The van der Waals surface area contributed by atoms with Crippen LogP contribution in [0.4, 0.5) is 0 Å². The number of aromatic nitrogens is 2. The number of nitrogens with zero attached hydrogens (tertiary/aromatic N) is 2. The van der Waals surface area contributed by atoms with Gasteiger partial charge in [-0.2, -0.15) is 0 Å². The van der Waals surface area contributed by atoms with Crippen molar-refractivity contribution in [2.75, 3.05) is 0 Å². The van der Waals surface area contributed by atoms with E-state index in [2.05, 4.69) is 60.6 Å². The van der Waals surface area contributed by atoms with E-state index in [1.165, 1.54) is 5.56 Å². The molecule has 0 aliphatic rings. The van der Waals surface area contributed by atoms with E-state index >= 15 is 0 Å². The number of hydrogen-bond acceptors (Lipinski definition) is 4. The topological polar surface area (TPSA) is 51.0 Å². The highest BCUT2D eigenvalue weighted by atomic mass is 16.4. The number of nitrogens with one attached hydrogen (secondary N) is 1. The number of hydrogen-bond donors (Lipinski definition) is 1. The molecule has 0 bridgehead atoms. The molecule has 1 aromatic carbocycles. The monoisotopic (exact) mass is 273 g/mol. The van der Waals surface area contributed by atoms with Gasteiger partial charge in [0.2, 0.25) is 11.8 Å². The Morgan fingerprint density at radius 2 is 1.85 bits per heavy atom. The first-order chi connectivity index (χ1) is 9.45. The Kier molecular flexibility index (Phi) is 4.55. The molecule has 1 aromatic heterocycles. The van der Waals surface area contributed by atoms with Gasteiger partial charge in [0.1, 0.15) is 0 Å². The molecule has 0 aliphatic carbocycles. The zero-order valence-electron chi connectivity index (χ0n) is 12.7. The van der Waals surface area contributed by atoms with Gasteiger partial charge in [-0.15, -0.1) is 10.2 Å². The lowest BCUT2D eigenvalue weighted by molar-refractivity contribution is 0.256. The van der Waals surface area contributed by atoms with Crippen molar-refractivity contribution in [3.05, 3.63) is 47.7 Å². The molecule has 0 amide bonds. The van der Waals surface area contributed by atoms with Crippen molar-refractivity contribution in [3.8, 4) is 0 Å². The second-order valence-electron chi connectivity index (χ2n) is 6.20. The molecule has 4 nitrogen and oxygen atoms in total. The summed E-state index contributed by atoms with van der Waals surface area (Å²) in [5, 5.41) is 11.4. The summed E-state index contributed by atoms with van der Waals surface area (Å²) in [5.41, 5.74) is 1.49. The Bertz CT molecular complexity index is 528. The van der Waals surface area contributed by atoms with E-state index in [4.69, 9.17) is 4.42 Å². The zero-order valence-corrected chi connectivity index (χ0v) is 12.7. The average molecular weight is 273 g/mol. The molecule has 1 heterocycles. The first kappa shape index (κ1) is 14.7. The molecule has 0 unspecified atom stereocenters. The summed E-state index contributed by atoms with van der Waals surface area (Å²) in [6.07, 6.45) is 0.984. The SMILES string of the molecule is Cc1nnc(CN[C@@H](Cc2ccccc2)C(C)(C)C)o1. The Labute approximate surface area is 120 Å². The minimum absolute atomic E-state index is 0.158. The highest BCUT2D eigenvalue weighted by Crippen LogP contribution is 2.23. The van der Waals surface area contributed by atoms with Crippen LogP contribution in [0.3, 0.4) is 0 Å². The van der Waals surface area contributed by atoms with Crippen molar-refractivity contribution in [3.63, 3.8) is 0 Å². The maximum absolute atomic E-state index is 5.41. The summed E-state index contributed by atoms with van der Waals surface area (Å²) >= 11 is 0. The van der Waals surface area contributed by atoms with Crippen molar-refractivity contribution in [2.45, 2.75) is 46.7 Å². The van der Waals surface area contributed by atoms with Crippen molar-refractivity contribution < 1.29 is 4.42 Å². The maximum atomic E-state index is 5.41. The van der Waals surface area contributed by atoms with Crippen LogP contribution in [0.15, 0.2) is 34.7 Å². The van der Waals surface area contributed by atoms with Crippen LogP contribution < -0.4 is 5.32 Å². The van der Waals surface area contributed by atoms with Gasteiger partial charge in [0.25, 0.3) is 0 Å². The smallest absolute Gasteiger partial charge is 0.230 e. The Morgan fingerprint density at radius 3 is 2.40 bits per heavy atom. The summed E-state index contributed by atoms with van der Waals surface area (Å²) in [5.74, 6) is 1.25. The first-order valence-electron chi connectivity index (χ1n) is 7.01. The van der Waals surface area contributed by atoms with Gasteiger partial charge in [0.15, 0.2) is 0 Å². The maximum Gasteiger partial charge on any atom is 0.230 e. The molecule has 20 heavy (non-hydrogen) atoms. The predicted molar refractivity (Wildman–Crippen MR) is 79.3 cm³/mol. The first-order valence-corrected chi connectivity index (χ1v) is 7.01. The molecule has 0 aliphatic heterocycles. The van der Waals surface area contributed by atoms with Crippen molar-refractivity contribution in [2.24, 2.45) is 5.41 Å². The van der Waals surface area contributed by atoms with Crippen LogP contribution in [0.1, 0.15) is 38.1 Å². The third kappa shape index (κ3) is 4.17. The summed E-state index contributed by atoms with van der Waals surface area (Å²) in [7, 11) is 0. The Morgan fingerprint density at radius 1 is 1.15 bits per heavy atom. The largest absolute Gasteiger partial charge is 0.424 e. The fourth-order valence-corrected chi connectivity index (χ4v) is 2.15. The summed E-state index contributed by atoms with van der Waals surface area (Å²) < 4.78 is 5.41. The van der Waals surface area contributed by atoms with Gasteiger partial charge in [-0.05, 0) is 17.4 Å². The van der Waals surface area contributed by atoms with E-state index in [9.17, 15) is 0 Å². The minimum Gasteiger partial charge on any atom is -0.424 e. The number of aryl methyl sites for hydroxylation is 1. The summed E-state index contributed by atoms with van der Waals surface area (Å²) in [4.78, 5) is 0.